The number of likely N-dealkylation sites (tertiary alicyclic amines) is 1. The molecule has 1 saturated heterocycles. The molecule has 0 unspecified atom stereocenters. The molecule has 8 nitrogen and oxygen atoms in total. The number of halogens is 3. The molecule has 0 N–H and O–H groups in total. The fraction of sp³-hybridized carbons (Fsp3) is 0.500. The molecule has 33 heavy (non-hydrogen) atoms. The highest BCUT2D eigenvalue weighted by atomic mass is 19.4. The van der Waals surface area contributed by atoms with Gasteiger partial charge in [0.2, 0.25) is 5.91 Å². The zero-order chi connectivity index (χ0) is 23.3. The minimum Gasteiger partial charge on any atom is -0.341 e. The number of carbonyl (C=O) groups excluding carboxylic acids is 1. The van der Waals surface area contributed by atoms with E-state index >= 15 is 0 Å². The van der Waals surface area contributed by atoms with E-state index in [0.29, 0.717) is 49.5 Å². The fourth-order valence-corrected chi connectivity index (χ4v) is 4.79. The van der Waals surface area contributed by atoms with Crippen molar-refractivity contribution in [1.82, 2.24) is 29.2 Å². The molecule has 3 aromatic rings. The average molecular weight is 460 g/mol. The van der Waals surface area contributed by atoms with Crippen molar-refractivity contribution in [3.8, 4) is 0 Å². The standard InChI is InChI=1S/C22H23F3N6O2/c1-13-7-9-29(11-13)20(32)16-5-2-6-17-28-30(21(33)31(16)17)12-15-10-14-4-3-8-26-19(14)27-18(15)22(23,24)25/h3-4,8,10,13,16H,2,5-7,9,11-12H2,1H3/t13-,16-/m0/s1. The number of nitrogens with zero attached hydrogens (tertiary/aromatic N) is 6. The van der Waals surface area contributed by atoms with Crippen LogP contribution in [0.1, 0.15) is 49.3 Å². The van der Waals surface area contributed by atoms with Crippen molar-refractivity contribution < 1.29 is 18.0 Å². The molecule has 0 bridgehead atoms. The molecule has 3 aromatic heterocycles. The van der Waals surface area contributed by atoms with Crippen LogP contribution in [0.4, 0.5) is 13.2 Å². The van der Waals surface area contributed by atoms with Crippen molar-refractivity contribution in [3.63, 3.8) is 0 Å². The molecule has 0 aliphatic carbocycles. The maximum Gasteiger partial charge on any atom is 0.433 e. The normalized spacial score (nSPS) is 20.9. The van der Waals surface area contributed by atoms with E-state index in [4.69, 9.17) is 0 Å². The van der Waals surface area contributed by atoms with Gasteiger partial charge in [0, 0.05) is 36.7 Å². The summed E-state index contributed by atoms with van der Waals surface area (Å²) < 4.78 is 43.6. The summed E-state index contributed by atoms with van der Waals surface area (Å²) >= 11 is 0. The number of aryl methyl sites for hydroxylation is 1. The number of amides is 1. The lowest BCUT2D eigenvalue weighted by molar-refractivity contribution is -0.141. The maximum atomic E-state index is 13.7. The van der Waals surface area contributed by atoms with Crippen LogP contribution in [0.5, 0.6) is 0 Å². The van der Waals surface area contributed by atoms with Gasteiger partial charge in [-0.3, -0.25) is 9.36 Å². The number of hydrogen-bond donors (Lipinski definition) is 0. The molecule has 0 radical (unpaired) electrons. The SMILES string of the molecule is C[C@H]1CCN(C(=O)[C@@H]2CCCc3nn(Cc4cc5cccnc5nc4C(F)(F)F)c(=O)n32)C1. The van der Waals surface area contributed by atoms with Crippen molar-refractivity contribution in [1.29, 1.82) is 0 Å². The number of hydrogen-bond acceptors (Lipinski definition) is 5. The van der Waals surface area contributed by atoms with Gasteiger partial charge in [-0.2, -0.15) is 18.3 Å². The molecule has 5 rings (SSSR count). The van der Waals surface area contributed by atoms with Crippen molar-refractivity contribution >= 4 is 16.9 Å². The van der Waals surface area contributed by atoms with Crippen LogP contribution in [0.15, 0.2) is 29.2 Å². The largest absolute Gasteiger partial charge is 0.433 e. The van der Waals surface area contributed by atoms with Crippen LogP contribution < -0.4 is 5.69 Å². The molecule has 0 spiro atoms. The second-order valence-corrected chi connectivity index (χ2v) is 8.86. The van der Waals surface area contributed by atoms with Gasteiger partial charge in [0.05, 0.1) is 6.54 Å². The Bertz CT molecular complexity index is 1280. The first-order valence-corrected chi connectivity index (χ1v) is 11.0. The molecule has 0 saturated carbocycles. The van der Waals surface area contributed by atoms with E-state index in [1.54, 1.807) is 17.0 Å². The number of pyridine rings is 2. The van der Waals surface area contributed by atoms with Gasteiger partial charge in [-0.25, -0.2) is 19.4 Å². The van der Waals surface area contributed by atoms with E-state index in [9.17, 15) is 22.8 Å². The summed E-state index contributed by atoms with van der Waals surface area (Å²) in [4.78, 5) is 35.7. The van der Waals surface area contributed by atoms with Gasteiger partial charge in [0.1, 0.15) is 11.9 Å². The maximum absolute atomic E-state index is 13.7. The summed E-state index contributed by atoms with van der Waals surface area (Å²) in [6.45, 7) is 2.99. The predicted octanol–water partition coefficient (Wildman–Crippen LogP) is 2.80. The summed E-state index contributed by atoms with van der Waals surface area (Å²) in [5.41, 5.74) is -1.85. The first-order chi connectivity index (χ1) is 15.7. The highest BCUT2D eigenvalue weighted by Gasteiger charge is 2.38. The highest BCUT2D eigenvalue weighted by molar-refractivity contribution is 5.81. The number of fused-ring (bicyclic) bond motifs is 2. The quantitative estimate of drug-likeness (QED) is 0.600. The molecule has 2 atom stereocenters. The number of aromatic nitrogens is 5. The van der Waals surface area contributed by atoms with E-state index < -0.39 is 30.1 Å². The number of alkyl halides is 3. The predicted molar refractivity (Wildman–Crippen MR) is 112 cm³/mol. The van der Waals surface area contributed by atoms with Crippen LogP contribution >= 0.6 is 0 Å². The lowest BCUT2D eigenvalue weighted by atomic mass is 10.0. The summed E-state index contributed by atoms with van der Waals surface area (Å²) in [6, 6.07) is 3.90. The Morgan fingerprint density at radius 3 is 2.82 bits per heavy atom. The molecular weight excluding hydrogens is 437 g/mol. The molecule has 174 valence electrons. The zero-order valence-corrected chi connectivity index (χ0v) is 18.0. The van der Waals surface area contributed by atoms with Crippen molar-refractivity contribution in [2.75, 3.05) is 13.1 Å². The van der Waals surface area contributed by atoms with E-state index in [1.807, 2.05) is 0 Å². The first kappa shape index (κ1) is 21.6. The Morgan fingerprint density at radius 2 is 2.09 bits per heavy atom. The molecule has 2 aliphatic rings. The Labute approximate surface area is 187 Å². The topological polar surface area (TPSA) is 85.9 Å². The molecule has 11 heteroatoms. The van der Waals surface area contributed by atoms with Gasteiger partial charge in [0.25, 0.3) is 0 Å². The van der Waals surface area contributed by atoms with Gasteiger partial charge < -0.3 is 4.90 Å². The van der Waals surface area contributed by atoms with Gasteiger partial charge >= 0.3 is 11.9 Å². The molecule has 1 fully saturated rings. The Hall–Kier alpha value is -3.24. The van der Waals surface area contributed by atoms with Gasteiger partial charge in [-0.15, -0.1) is 0 Å². The average Bonchev–Trinajstić information content (AvgIpc) is 3.35. The molecule has 2 aliphatic heterocycles. The summed E-state index contributed by atoms with van der Waals surface area (Å²) in [5.74, 6) is 0.726. The van der Waals surface area contributed by atoms with E-state index in [0.717, 1.165) is 11.1 Å². The van der Waals surface area contributed by atoms with E-state index in [2.05, 4.69) is 22.0 Å². The van der Waals surface area contributed by atoms with Crippen molar-refractivity contribution in [2.24, 2.45) is 5.92 Å². The fourth-order valence-electron chi connectivity index (χ4n) is 4.79. The van der Waals surface area contributed by atoms with E-state index in [-0.39, 0.29) is 17.1 Å². The summed E-state index contributed by atoms with van der Waals surface area (Å²) in [6.07, 6.45) is -0.721. The second kappa shape index (κ2) is 7.96. The van der Waals surface area contributed by atoms with Gasteiger partial charge in [0.15, 0.2) is 11.3 Å². The summed E-state index contributed by atoms with van der Waals surface area (Å²) in [5, 5.41) is 4.75. The highest BCUT2D eigenvalue weighted by Crippen LogP contribution is 2.32. The summed E-state index contributed by atoms with van der Waals surface area (Å²) in [7, 11) is 0. The van der Waals surface area contributed by atoms with Crippen LogP contribution in [-0.4, -0.2) is 48.2 Å². The van der Waals surface area contributed by atoms with Crippen LogP contribution in [0.3, 0.4) is 0 Å². The third-order valence-electron chi connectivity index (χ3n) is 6.41. The minimum absolute atomic E-state index is 0.0180. The molecule has 0 aromatic carbocycles. The Balaban J connectivity index is 1.53. The zero-order valence-electron chi connectivity index (χ0n) is 18.0. The lowest BCUT2D eigenvalue weighted by Crippen LogP contribution is -2.41. The second-order valence-electron chi connectivity index (χ2n) is 8.86. The smallest absolute Gasteiger partial charge is 0.341 e. The van der Waals surface area contributed by atoms with Gasteiger partial charge in [-0.05, 0) is 43.4 Å². The monoisotopic (exact) mass is 460 g/mol. The van der Waals surface area contributed by atoms with Gasteiger partial charge in [-0.1, -0.05) is 6.92 Å². The van der Waals surface area contributed by atoms with Crippen LogP contribution in [-0.2, 0) is 23.9 Å². The first-order valence-electron chi connectivity index (χ1n) is 11.0. The molecular formula is C22H23F3N6O2. The third-order valence-corrected chi connectivity index (χ3v) is 6.41. The van der Waals surface area contributed by atoms with Crippen molar-refractivity contribution in [2.45, 2.75) is 51.4 Å². The van der Waals surface area contributed by atoms with E-state index in [1.165, 1.54) is 16.8 Å². The Morgan fingerprint density at radius 1 is 1.27 bits per heavy atom. The van der Waals surface area contributed by atoms with Crippen LogP contribution in [0.2, 0.25) is 0 Å². The van der Waals surface area contributed by atoms with Crippen LogP contribution in [0, 0.1) is 5.92 Å². The molecule has 1 amide bonds. The van der Waals surface area contributed by atoms with Crippen LogP contribution in [0.25, 0.3) is 11.0 Å². The minimum atomic E-state index is -4.71. The lowest BCUT2D eigenvalue weighted by Gasteiger charge is -2.27. The molecule has 5 heterocycles. The number of carbonyl (C=O) groups is 1. The van der Waals surface area contributed by atoms with Crippen molar-refractivity contribution in [3.05, 3.63) is 52.0 Å². The third kappa shape index (κ3) is 3.89. The number of rotatable bonds is 3. The Kier molecular flexibility index (Phi) is 5.21.